The van der Waals surface area contributed by atoms with Gasteiger partial charge < -0.3 is 9.64 Å². The van der Waals surface area contributed by atoms with Crippen molar-refractivity contribution in [2.45, 2.75) is 17.7 Å². The summed E-state index contributed by atoms with van der Waals surface area (Å²) in [5, 5.41) is 0.318. The van der Waals surface area contributed by atoms with Gasteiger partial charge in [-0.1, -0.05) is 23.2 Å². The molecule has 9 heteroatoms. The molecule has 2 aromatic carbocycles. The molecular weight excluding hydrogens is 399 g/mol. The van der Waals surface area contributed by atoms with Crippen molar-refractivity contribution in [3.8, 4) is 5.75 Å². The SMILES string of the molecule is COc1ccc(NS(=O)(=O)c2cc(Cl)ccc2Cl)cc1N1CCCC1=O. The Morgan fingerprint density at radius 2 is 1.92 bits per heavy atom. The van der Waals surface area contributed by atoms with E-state index in [2.05, 4.69) is 4.72 Å². The zero-order valence-electron chi connectivity index (χ0n) is 13.8. The molecule has 0 aromatic heterocycles. The van der Waals surface area contributed by atoms with E-state index in [1.165, 1.54) is 25.3 Å². The van der Waals surface area contributed by atoms with Crippen molar-refractivity contribution >= 4 is 50.5 Å². The van der Waals surface area contributed by atoms with E-state index in [0.717, 1.165) is 6.42 Å². The van der Waals surface area contributed by atoms with Crippen LogP contribution in [0, 0.1) is 0 Å². The summed E-state index contributed by atoms with van der Waals surface area (Å²) in [6, 6.07) is 8.93. The minimum Gasteiger partial charge on any atom is -0.495 e. The molecule has 138 valence electrons. The lowest BCUT2D eigenvalue weighted by Gasteiger charge is -2.20. The number of amides is 1. The maximum atomic E-state index is 12.7. The van der Waals surface area contributed by atoms with Gasteiger partial charge in [0.15, 0.2) is 0 Å². The lowest BCUT2D eigenvalue weighted by Crippen LogP contribution is -2.24. The maximum absolute atomic E-state index is 12.7. The molecule has 1 N–H and O–H groups in total. The first-order valence-electron chi connectivity index (χ1n) is 7.78. The van der Waals surface area contributed by atoms with Crippen LogP contribution in [0.1, 0.15) is 12.8 Å². The van der Waals surface area contributed by atoms with E-state index in [-0.39, 0.29) is 26.5 Å². The van der Waals surface area contributed by atoms with E-state index in [1.54, 1.807) is 23.1 Å². The van der Waals surface area contributed by atoms with Gasteiger partial charge in [0.1, 0.15) is 10.6 Å². The highest BCUT2D eigenvalue weighted by Gasteiger charge is 2.26. The minimum atomic E-state index is -3.95. The second-order valence-electron chi connectivity index (χ2n) is 5.72. The monoisotopic (exact) mass is 414 g/mol. The van der Waals surface area contributed by atoms with Gasteiger partial charge in [-0.15, -0.1) is 0 Å². The van der Waals surface area contributed by atoms with Crippen LogP contribution in [-0.4, -0.2) is 28.0 Å². The summed E-state index contributed by atoms with van der Waals surface area (Å²) in [5.41, 5.74) is 0.809. The number of benzene rings is 2. The Morgan fingerprint density at radius 3 is 2.58 bits per heavy atom. The third-order valence-corrected chi connectivity index (χ3v) is 6.08. The highest BCUT2D eigenvalue weighted by Crippen LogP contribution is 2.35. The Hall–Kier alpha value is -1.96. The third kappa shape index (κ3) is 3.75. The topological polar surface area (TPSA) is 75.7 Å². The number of nitrogens with one attached hydrogen (secondary N) is 1. The molecule has 3 rings (SSSR count). The number of rotatable bonds is 5. The second-order valence-corrected chi connectivity index (χ2v) is 8.21. The van der Waals surface area contributed by atoms with Gasteiger partial charge in [-0.05, 0) is 42.8 Å². The fourth-order valence-corrected chi connectivity index (χ4v) is 4.57. The van der Waals surface area contributed by atoms with Crippen molar-refractivity contribution in [1.29, 1.82) is 0 Å². The molecule has 1 amide bonds. The molecule has 1 saturated heterocycles. The number of halogens is 2. The van der Waals surface area contributed by atoms with Crippen molar-refractivity contribution < 1.29 is 17.9 Å². The van der Waals surface area contributed by atoms with Crippen molar-refractivity contribution in [3.05, 3.63) is 46.4 Å². The molecule has 0 aliphatic carbocycles. The summed E-state index contributed by atoms with van der Waals surface area (Å²) in [6.07, 6.45) is 1.20. The first kappa shape index (κ1) is 18.8. The summed E-state index contributed by atoms with van der Waals surface area (Å²) < 4.78 is 33.1. The van der Waals surface area contributed by atoms with Crippen molar-refractivity contribution in [1.82, 2.24) is 0 Å². The molecule has 0 bridgehead atoms. The first-order chi connectivity index (χ1) is 12.3. The molecule has 1 aliphatic heterocycles. The molecule has 1 heterocycles. The number of ether oxygens (including phenoxy) is 1. The maximum Gasteiger partial charge on any atom is 0.263 e. The molecular formula is C17H16Cl2N2O4S. The predicted molar refractivity (Wildman–Crippen MR) is 102 cm³/mol. The quantitative estimate of drug-likeness (QED) is 0.803. The summed E-state index contributed by atoms with van der Waals surface area (Å²) in [5.74, 6) is 0.463. The fourth-order valence-electron chi connectivity index (χ4n) is 2.76. The largest absolute Gasteiger partial charge is 0.495 e. The Kier molecular flexibility index (Phi) is 5.32. The molecule has 26 heavy (non-hydrogen) atoms. The van der Waals surface area contributed by atoms with Crippen LogP contribution in [0.15, 0.2) is 41.3 Å². The summed E-state index contributed by atoms with van der Waals surface area (Å²) in [7, 11) is -2.46. The van der Waals surface area contributed by atoms with Gasteiger partial charge in [-0.2, -0.15) is 0 Å². The summed E-state index contributed by atoms with van der Waals surface area (Å²) >= 11 is 11.9. The highest BCUT2D eigenvalue weighted by atomic mass is 35.5. The number of hydrogen-bond acceptors (Lipinski definition) is 4. The van der Waals surface area contributed by atoms with Crippen LogP contribution in [0.4, 0.5) is 11.4 Å². The van der Waals surface area contributed by atoms with E-state index in [0.29, 0.717) is 24.4 Å². The van der Waals surface area contributed by atoms with E-state index in [9.17, 15) is 13.2 Å². The zero-order valence-corrected chi connectivity index (χ0v) is 16.2. The van der Waals surface area contributed by atoms with Gasteiger partial charge >= 0.3 is 0 Å². The Labute approximate surface area is 161 Å². The van der Waals surface area contributed by atoms with Crippen molar-refractivity contribution in [2.75, 3.05) is 23.3 Å². The number of carbonyl (C=O) groups is 1. The van der Waals surface area contributed by atoms with Crippen molar-refractivity contribution in [2.24, 2.45) is 0 Å². The van der Waals surface area contributed by atoms with Gasteiger partial charge in [-0.3, -0.25) is 9.52 Å². The van der Waals surface area contributed by atoms with Crippen molar-refractivity contribution in [3.63, 3.8) is 0 Å². The number of hydrogen-bond donors (Lipinski definition) is 1. The van der Waals surface area contributed by atoms with E-state index in [1.807, 2.05) is 0 Å². The average Bonchev–Trinajstić information content (AvgIpc) is 3.02. The van der Waals surface area contributed by atoms with E-state index < -0.39 is 10.0 Å². The minimum absolute atomic E-state index is 0.0267. The van der Waals surface area contributed by atoms with E-state index in [4.69, 9.17) is 27.9 Å². The molecule has 1 fully saturated rings. The molecule has 6 nitrogen and oxygen atoms in total. The van der Waals surface area contributed by atoms with Crippen LogP contribution < -0.4 is 14.4 Å². The first-order valence-corrected chi connectivity index (χ1v) is 10.0. The molecule has 0 unspecified atom stereocenters. The molecule has 2 aromatic rings. The Morgan fingerprint density at radius 1 is 1.15 bits per heavy atom. The normalized spacial score (nSPS) is 14.6. The van der Waals surface area contributed by atoms with Gasteiger partial charge in [0, 0.05) is 18.0 Å². The van der Waals surface area contributed by atoms with Crippen LogP contribution in [0.5, 0.6) is 5.75 Å². The van der Waals surface area contributed by atoms with Gasteiger partial charge in [0.05, 0.1) is 23.5 Å². The number of carbonyl (C=O) groups excluding carboxylic acids is 1. The molecule has 0 saturated carbocycles. The standard InChI is InChI=1S/C17H16Cl2N2O4S/c1-25-15-7-5-12(10-14(15)21-8-2-3-17(21)22)20-26(23,24)16-9-11(18)4-6-13(16)19/h4-7,9-10,20H,2-3,8H2,1H3. The van der Waals surface area contributed by atoms with Crippen LogP contribution in [0.2, 0.25) is 10.0 Å². The third-order valence-electron chi connectivity index (χ3n) is 3.98. The number of anilines is 2. The lowest BCUT2D eigenvalue weighted by molar-refractivity contribution is -0.117. The average molecular weight is 415 g/mol. The summed E-state index contributed by atoms with van der Waals surface area (Å²) in [6.45, 7) is 0.561. The molecule has 0 atom stereocenters. The van der Waals surface area contributed by atoms with E-state index >= 15 is 0 Å². The van der Waals surface area contributed by atoms with Crippen LogP contribution in [0.3, 0.4) is 0 Å². The van der Waals surface area contributed by atoms with Crippen LogP contribution >= 0.6 is 23.2 Å². The molecule has 0 spiro atoms. The summed E-state index contributed by atoms with van der Waals surface area (Å²) in [4.78, 5) is 13.5. The predicted octanol–water partition coefficient (Wildman–Crippen LogP) is 3.93. The van der Waals surface area contributed by atoms with Crippen LogP contribution in [0.25, 0.3) is 0 Å². The number of sulfonamides is 1. The number of nitrogens with zero attached hydrogens (tertiary/aromatic N) is 1. The van der Waals surface area contributed by atoms with Gasteiger partial charge in [-0.25, -0.2) is 8.42 Å². The molecule has 1 aliphatic rings. The second kappa shape index (κ2) is 7.34. The Balaban J connectivity index is 1.97. The van der Waals surface area contributed by atoms with Gasteiger partial charge in [0.2, 0.25) is 5.91 Å². The lowest BCUT2D eigenvalue weighted by atomic mass is 10.2. The smallest absolute Gasteiger partial charge is 0.263 e. The zero-order chi connectivity index (χ0) is 18.9. The highest BCUT2D eigenvalue weighted by molar-refractivity contribution is 7.92. The fraction of sp³-hybridized carbons (Fsp3) is 0.235. The Bertz CT molecular complexity index is 963. The van der Waals surface area contributed by atoms with Gasteiger partial charge in [0.25, 0.3) is 10.0 Å². The molecule has 0 radical (unpaired) electrons. The number of methoxy groups -OCH3 is 1. The van der Waals surface area contributed by atoms with Crippen LogP contribution in [-0.2, 0) is 14.8 Å².